The molecule has 0 aliphatic heterocycles. The standard InChI is InChI=1S/C32H25ClN2O6S/c1-38-27-17-22(11-16-26(27)41-32(37)31-30(33)25-9-5-6-10-28(25)42-31)18-34-35-29(36)20-40-24-14-12-23(13-15-24)39-19-21-7-3-2-4-8-21/h2-18H,19-20H2,1H3,(H,35,36)/b34-18-. The summed E-state index contributed by atoms with van der Waals surface area (Å²) in [5, 5.41) is 5.12. The number of benzene rings is 4. The van der Waals surface area contributed by atoms with Crippen molar-refractivity contribution in [1.82, 2.24) is 5.43 Å². The maximum atomic E-state index is 12.8. The first-order valence-electron chi connectivity index (χ1n) is 12.8. The number of esters is 1. The summed E-state index contributed by atoms with van der Waals surface area (Å²) in [5.74, 6) is 0.738. The van der Waals surface area contributed by atoms with Crippen molar-refractivity contribution >= 4 is 51.1 Å². The van der Waals surface area contributed by atoms with Crippen LogP contribution in [0.2, 0.25) is 5.02 Å². The molecule has 0 unspecified atom stereocenters. The van der Waals surface area contributed by atoms with Crippen LogP contribution in [0.4, 0.5) is 0 Å². The minimum absolute atomic E-state index is 0.222. The maximum absolute atomic E-state index is 12.8. The van der Waals surface area contributed by atoms with E-state index in [2.05, 4.69) is 10.5 Å². The minimum Gasteiger partial charge on any atom is -0.493 e. The molecular formula is C32H25ClN2O6S. The number of hydrogen-bond donors (Lipinski definition) is 1. The lowest BCUT2D eigenvalue weighted by Crippen LogP contribution is -2.24. The van der Waals surface area contributed by atoms with Crippen LogP contribution < -0.4 is 24.4 Å². The number of ether oxygens (including phenoxy) is 4. The van der Waals surface area contributed by atoms with E-state index in [9.17, 15) is 9.59 Å². The quantitative estimate of drug-likeness (QED) is 0.0768. The van der Waals surface area contributed by atoms with Crippen LogP contribution in [0.5, 0.6) is 23.0 Å². The van der Waals surface area contributed by atoms with E-state index in [0.29, 0.717) is 39.3 Å². The van der Waals surface area contributed by atoms with Gasteiger partial charge < -0.3 is 18.9 Å². The molecule has 1 amide bonds. The van der Waals surface area contributed by atoms with Crippen LogP contribution in [0.1, 0.15) is 20.8 Å². The normalized spacial score (nSPS) is 10.9. The molecule has 0 spiro atoms. The predicted octanol–water partition coefficient (Wildman–Crippen LogP) is 6.89. The number of nitrogens with zero attached hydrogens (tertiary/aromatic N) is 1. The highest BCUT2D eigenvalue weighted by molar-refractivity contribution is 7.21. The lowest BCUT2D eigenvalue weighted by Gasteiger charge is -2.09. The molecule has 212 valence electrons. The number of rotatable bonds is 11. The van der Waals surface area contributed by atoms with Gasteiger partial charge in [-0.1, -0.05) is 60.1 Å². The topological polar surface area (TPSA) is 95.5 Å². The summed E-state index contributed by atoms with van der Waals surface area (Å²) in [7, 11) is 1.46. The van der Waals surface area contributed by atoms with Crippen LogP contribution in [-0.2, 0) is 11.4 Å². The molecule has 0 saturated heterocycles. The Morgan fingerprint density at radius 2 is 1.60 bits per heavy atom. The first kappa shape index (κ1) is 28.7. The molecule has 0 bridgehead atoms. The van der Waals surface area contributed by atoms with E-state index in [4.69, 9.17) is 30.5 Å². The van der Waals surface area contributed by atoms with Crippen molar-refractivity contribution in [3.05, 3.63) is 118 Å². The van der Waals surface area contributed by atoms with E-state index in [1.807, 2.05) is 54.6 Å². The molecule has 0 fully saturated rings. The third-order valence-corrected chi connectivity index (χ3v) is 7.61. The molecule has 0 radical (unpaired) electrons. The van der Waals surface area contributed by atoms with E-state index < -0.39 is 11.9 Å². The van der Waals surface area contributed by atoms with E-state index >= 15 is 0 Å². The molecule has 0 saturated carbocycles. The van der Waals surface area contributed by atoms with Gasteiger partial charge in [0.2, 0.25) is 0 Å². The molecule has 4 aromatic carbocycles. The molecule has 5 rings (SSSR count). The Hall–Kier alpha value is -4.86. The number of halogens is 1. The van der Waals surface area contributed by atoms with E-state index in [1.165, 1.54) is 24.7 Å². The Bertz CT molecular complexity index is 1720. The van der Waals surface area contributed by atoms with Crippen molar-refractivity contribution in [2.45, 2.75) is 6.61 Å². The second-order valence-electron chi connectivity index (χ2n) is 8.87. The van der Waals surface area contributed by atoms with E-state index in [0.717, 1.165) is 15.6 Å². The Balaban J connectivity index is 1.10. The van der Waals surface area contributed by atoms with Gasteiger partial charge in [-0.05, 0) is 59.7 Å². The predicted molar refractivity (Wildman–Crippen MR) is 163 cm³/mol. The number of carbonyl (C=O) groups is 2. The van der Waals surface area contributed by atoms with Crippen LogP contribution in [0, 0.1) is 0 Å². The molecule has 1 N–H and O–H groups in total. The fourth-order valence-corrected chi connectivity index (χ4v) is 5.26. The number of amides is 1. The molecular weight excluding hydrogens is 576 g/mol. The van der Waals surface area contributed by atoms with Crippen molar-refractivity contribution in [2.24, 2.45) is 5.10 Å². The van der Waals surface area contributed by atoms with E-state index in [1.54, 1.807) is 42.5 Å². The van der Waals surface area contributed by atoms with Crippen molar-refractivity contribution < 1.29 is 28.5 Å². The highest BCUT2D eigenvalue weighted by Gasteiger charge is 2.20. The number of nitrogens with one attached hydrogen (secondary N) is 1. The summed E-state index contributed by atoms with van der Waals surface area (Å²) in [6.07, 6.45) is 1.44. The molecule has 42 heavy (non-hydrogen) atoms. The molecule has 0 aliphatic rings. The highest BCUT2D eigenvalue weighted by atomic mass is 35.5. The third kappa shape index (κ3) is 7.25. The lowest BCUT2D eigenvalue weighted by molar-refractivity contribution is -0.123. The molecule has 0 atom stereocenters. The summed E-state index contributed by atoms with van der Waals surface area (Å²) in [6, 6.07) is 29.2. The highest BCUT2D eigenvalue weighted by Crippen LogP contribution is 2.37. The molecule has 0 aliphatic carbocycles. The second kappa shape index (κ2) is 13.7. The first-order chi connectivity index (χ1) is 20.5. The largest absolute Gasteiger partial charge is 0.493 e. The SMILES string of the molecule is COc1cc(/C=N\NC(=O)COc2ccc(OCc3ccccc3)cc2)ccc1OC(=O)c1sc2ccccc2c1Cl. The summed E-state index contributed by atoms with van der Waals surface area (Å²) < 4.78 is 23.1. The zero-order chi connectivity index (χ0) is 29.3. The van der Waals surface area contributed by atoms with Gasteiger partial charge in [-0.15, -0.1) is 11.3 Å². The van der Waals surface area contributed by atoms with Crippen molar-refractivity contribution in [3.63, 3.8) is 0 Å². The monoisotopic (exact) mass is 600 g/mol. The Morgan fingerprint density at radius 3 is 2.33 bits per heavy atom. The van der Waals surface area contributed by atoms with Gasteiger partial charge in [-0.25, -0.2) is 10.2 Å². The minimum atomic E-state index is -0.581. The summed E-state index contributed by atoms with van der Waals surface area (Å²) >= 11 is 7.67. The van der Waals surface area contributed by atoms with Gasteiger partial charge in [0.15, 0.2) is 18.1 Å². The summed E-state index contributed by atoms with van der Waals surface area (Å²) in [4.78, 5) is 25.3. The zero-order valence-electron chi connectivity index (χ0n) is 22.4. The van der Waals surface area contributed by atoms with Gasteiger partial charge in [0.05, 0.1) is 18.3 Å². The van der Waals surface area contributed by atoms with Crippen LogP contribution in [-0.4, -0.2) is 31.8 Å². The average Bonchev–Trinajstić information content (AvgIpc) is 3.37. The van der Waals surface area contributed by atoms with Crippen LogP contribution in [0.25, 0.3) is 10.1 Å². The molecule has 10 heteroatoms. The van der Waals surface area contributed by atoms with Gasteiger partial charge in [-0.3, -0.25) is 4.79 Å². The van der Waals surface area contributed by atoms with Gasteiger partial charge in [0.25, 0.3) is 5.91 Å². The van der Waals surface area contributed by atoms with Crippen molar-refractivity contribution in [2.75, 3.05) is 13.7 Å². The second-order valence-corrected chi connectivity index (χ2v) is 10.3. The van der Waals surface area contributed by atoms with Gasteiger partial charge in [0.1, 0.15) is 23.0 Å². The van der Waals surface area contributed by atoms with Crippen LogP contribution >= 0.6 is 22.9 Å². The summed E-state index contributed by atoms with van der Waals surface area (Å²) in [6.45, 7) is 0.239. The lowest BCUT2D eigenvalue weighted by atomic mass is 10.2. The first-order valence-corrected chi connectivity index (χ1v) is 14.0. The smallest absolute Gasteiger partial charge is 0.355 e. The van der Waals surface area contributed by atoms with Crippen LogP contribution in [0.15, 0.2) is 102 Å². The van der Waals surface area contributed by atoms with Crippen molar-refractivity contribution in [3.8, 4) is 23.0 Å². The molecule has 8 nitrogen and oxygen atoms in total. The summed E-state index contributed by atoms with van der Waals surface area (Å²) in [5.41, 5.74) is 4.10. The Kier molecular flexibility index (Phi) is 9.33. The Labute approximate surface area is 251 Å². The third-order valence-electron chi connectivity index (χ3n) is 5.96. The Morgan fingerprint density at radius 1 is 0.881 bits per heavy atom. The van der Waals surface area contributed by atoms with Gasteiger partial charge in [0, 0.05) is 10.1 Å². The number of thiophene rings is 1. The zero-order valence-corrected chi connectivity index (χ0v) is 24.0. The number of methoxy groups -OCH3 is 1. The average molecular weight is 601 g/mol. The molecule has 1 aromatic heterocycles. The number of hydrazone groups is 1. The fourth-order valence-electron chi connectivity index (χ4n) is 3.87. The van der Waals surface area contributed by atoms with Crippen LogP contribution in [0.3, 0.4) is 0 Å². The maximum Gasteiger partial charge on any atom is 0.355 e. The van der Waals surface area contributed by atoms with E-state index in [-0.39, 0.29) is 12.4 Å². The van der Waals surface area contributed by atoms with Gasteiger partial charge in [-0.2, -0.15) is 5.10 Å². The number of carbonyl (C=O) groups excluding carboxylic acids is 2. The number of hydrogen-bond acceptors (Lipinski definition) is 8. The molecule has 1 heterocycles. The van der Waals surface area contributed by atoms with Crippen molar-refractivity contribution in [1.29, 1.82) is 0 Å². The number of fused-ring (bicyclic) bond motifs is 1. The fraction of sp³-hybridized carbons (Fsp3) is 0.0938. The molecule has 5 aromatic rings. The van der Waals surface area contributed by atoms with Gasteiger partial charge >= 0.3 is 5.97 Å².